The fourth-order valence-electron chi connectivity index (χ4n) is 1.31. The predicted octanol–water partition coefficient (Wildman–Crippen LogP) is 5.34. The molecule has 0 nitrogen and oxygen atoms in total. The molecule has 1 rings (SSSR count). The van der Waals surface area contributed by atoms with Gasteiger partial charge in [0.15, 0.2) is 0 Å². The molecule has 0 bridgehead atoms. The van der Waals surface area contributed by atoms with Gasteiger partial charge in [-0.3, -0.25) is 0 Å². The molecule has 0 N–H and O–H groups in total. The van der Waals surface area contributed by atoms with Crippen LogP contribution in [0.15, 0.2) is 6.07 Å². The number of rotatable bonds is 0. The average Bonchev–Trinajstić information content (AvgIpc) is 2.07. The van der Waals surface area contributed by atoms with Crippen LogP contribution in [0, 0.1) is 6.92 Å². The molecule has 17 heavy (non-hydrogen) atoms. The van der Waals surface area contributed by atoms with Crippen LogP contribution in [-0.2, 0) is 12.4 Å². The van der Waals surface area contributed by atoms with E-state index in [0.29, 0.717) is 0 Å². The molecule has 0 saturated carbocycles. The number of alkyl halides is 6. The van der Waals surface area contributed by atoms with Crippen LogP contribution in [0.1, 0.15) is 16.7 Å². The van der Waals surface area contributed by atoms with E-state index in [-0.39, 0.29) is 6.07 Å². The van der Waals surface area contributed by atoms with Gasteiger partial charge in [0.25, 0.3) is 0 Å². The average molecular weight is 297 g/mol. The van der Waals surface area contributed by atoms with Crippen LogP contribution < -0.4 is 0 Å². The summed E-state index contributed by atoms with van der Waals surface area (Å²) in [4.78, 5) is 0. The standard InChI is InChI=1S/C9H4Cl2F6/c1-3-6(9(15,16)17)5(10)2-4(7(3)11)8(12,13)14/h2H,1H3. The van der Waals surface area contributed by atoms with Crippen molar-refractivity contribution < 1.29 is 26.3 Å². The van der Waals surface area contributed by atoms with Crippen LogP contribution in [0.5, 0.6) is 0 Å². The molecule has 0 aliphatic carbocycles. The SMILES string of the molecule is Cc1c(Cl)c(C(F)(F)F)cc(Cl)c1C(F)(F)F. The Labute approximate surface area is 102 Å². The van der Waals surface area contributed by atoms with E-state index in [1.807, 2.05) is 0 Å². The van der Waals surface area contributed by atoms with Gasteiger partial charge in [-0.05, 0) is 18.6 Å². The first-order valence-corrected chi connectivity index (χ1v) is 4.85. The zero-order valence-corrected chi connectivity index (χ0v) is 9.61. The Balaban J connectivity index is 3.60. The lowest BCUT2D eigenvalue weighted by Crippen LogP contribution is -2.13. The molecule has 8 heteroatoms. The molecule has 0 heterocycles. The fraction of sp³-hybridized carbons (Fsp3) is 0.333. The molecule has 0 atom stereocenters. The second-order valence-electron chi connectivity index (χ2n) is 3.22. The zero-order valence-electron chi connectivity index (χ0n) is 8.10. The van der Waals surface area contributed by atoms with Crippen molar-refractivity contribution >= 4 is 23.2 Å². The molecule has 0 fully saturated rings. The summed E-state index contributed by atoms with van der Waals surface area (Å²) in [6, 6.07) is 0.180. The Morgan fingerprint density at radius 1 is 0.941 bits per heavy atom. The Kier molecular flexibility index (Phi) is 3.60. The van der Waals surface area contributed by atoms with Crippen LogP contribution in [0.2, 0.25) is 10.0 Å². The van der Waals surface area contributed by atoms with Gasteiger partial charge >= 0.3 is 12.4 Å². The van der Waals surface area contributed by atoms with E-state index in [1.165, 1.54) is 0 Å². The second-order valence-corrected chi connectivity index (χ2v) is 4.00. The highest BCUT2D eigenvalue weighted by Crippen LogP contribution is 2.45. The monoisotopic (exact) mass is 296 g/mol. The van der Waals surface area contributed by atoms with E-state index in [0.717, 1.165) is 6.92 Å². The van der Waals surface area contributed by atoms with Crippen molar-refractivity contribution in [2.75, 3.05) is 0 Å². The summed E-state index contributed by atoms with van der Waals surface area (Å²) in [5.41, 5.74) is -3.47. The first-order valence-electron chi connectivity index (χ1n) is 4.09. The molecule has 0 radical (unpaired) electrons. The lowest BCUT2D eigenvalue weighted by Gasteiger charge is -2.17. The molecular formula is C9H4Cl2F6. The van der Waals surface area contributed by atoms with Gasteiger partial charge in [0, 0.05) is 0 Å². The highest BCUT2D eigenvalue weighted by molar-refractivity contribution is 6.35. The van der Waals surface area contributed by atoms with Crippen molar-refractivity contribution in [2.45, 2.75) is 19.3 Å². The number of hydrogen-bond donors (Lipinski definition) is 0. The minimum Gasteiger partial charge on any atom is -0.166 e. The topological polar surface area (TPSA) is 0 Å². The maximum Gasteiger partial charge on any atom is 0.418 e. The zero-order chi connectivity index (χ0) is 13.6. The summed E-state index contributed by atoms with van der Waals surface area (Å²) in [7, 11) is 0. The Bertz CT molecular complexity index is 446. The molecule has 0 spiro atoms. The van der Waals surface area contributed by atoms with Gasteiger partial charge in [-0.2, -0.15) is 26.3 Å². The summed E-state index contributed by atoms with van der Waals surface area (Å²) in [5, 5.41) is -2.01. The summed E-state index contributed by atoms with van der Waals surface area (Å²) in [6.07, 6.45) is -9.70. The second kappa shape index (κ2) is 4.24. The number of hydrogen-bond acceptors (Lipinski definition) is 0. The van der Waals surface area contributed by atoms with Crippen molar-refractivity contribution in [3.63, 3.8) is 0 Å². The summed E-state index contributed by atoms with van der Waals surface area (Å²) in [6.45, 7) is 0.840. The van der Waals surface area contributed by atoms with Crippen molar-refractivity contribution in [3.8, 4) is 0 Å². The van der Waals surface area contributed by atoms with E-state index in [1.54, 1.807) is 0 Å². The smallest absolute Gasteiger partial charge is 0.166 e. The molecule has 0 saturated heterocycles. The summed E-state index contributed by atoms with van der Waals surface area (Å²) >= 11 is 10.5. The maximum absolute atomic E-state index is 12.5. The molecule has 0 aliphatic rings. The highest BCUT2D eigenvalue weighted by Gasteiger charge is 2.41. The summed E-state index contributed by atoms with van der Waals surface area (Å²) < 4.78 is 74.7. The molecule has 96 valence electrons. The molecule has 0 aliphatic heterocycles. The minimum absolute atomic E-state index is 0.180. The van der Waals surface area contributed by atoms with E-state index in [4.69, 9.17) is 23.2 Å². The van der Waals surface area contributed by atoms with Gasteiger partial charge in [0.2, 0.25) is 0 Å². The van der Waals surface area contributed by atoms with Crippen molar-refractivity contribution in [1.29, 1.82) is 0 Å². The van der Waals surface area contributed by atoms with Gasteiger partial charge in [-0.15, -0.1) is 0 Å². The molecule has 0 aromatic heterocycles. The van der Waals surface area contributed by atoms with Crippen LogP contribution in [-0.4, -0.2) is 0 Å². The van der Waals surface area contributed by atoms with Crippen molar-refractivity contribution in [3.05, 3.63) is 32.8 Å². The molecule has 1 aromatic carbocycles. The van der Waals surface area contributed by atoms with E-state index < -0.39 is 39.1 Å². The Morgan fingerprint density at radius 3 is 1.76 bits per heavy atom. The first-order chi connectivity index (χ1) is 7.46. The third-order valence-electron chi connectivity index (χ3n) is 2.04. The normalized spacial score (nSPS) is 13.0. The van der Waals surface area contributed by atoms with Gasteiger partial charge < -0.3 is 0 Å². The Morgan fingerprint density at radius 2 is 1.41 bits per heavy atom. The quantitative estimate of drug-likeness (QED) is 0.567. The minimum atomic E-state index is -4.85. The fourth-order valence-corrected chi connectivity index (χ4v) is 1.92. The van der Waals surface area contributed by atoms with Gasteiger partial charge in [-0.25, -0.2) is 0 Å². The third-order valence-corrected chi connectivity index (χ3v) is 2.82. The molecule has 0 amide bonds. The van der Waals surface area contributed by atoms with Gasteiger partial charge in [0.1, 0.15) is 0 Å². The van der Waals surface area contributed by atoms with Crippen molar-refractivity contribution in [1.82, 2.24) is 0 Å². The molecule has 0 unspecified atom stereocenters. The van der Waals surface area contributed by atoms with Crippen LogP contribution in [0.3, 0.4) is 0 Å². The highest BCUT2D eigenvalue weighted by atomic mass is 35.5. The first kappa shape index (κ1) is 14.4. The van der Waals surface area contributed by atoms with Crippen LogP contribution >= 0.6 is 23.2 Å². The van der Waals surface area contributed by atoms with Gasteiger partial charge in [-0.1, -0.05) is 23.2 Å². The largest absolute Gasteiger partial charge is 0.418 e. The summed E-state index contributed by atoms with van der Waals surface area (Å²) in [5.74, 6) is 0. The van der Waals surface area contributed by atoms with Crippen molar-refractivity contribution in [2.24, 2.45) is 0 Å². The van der Waals surface area contributed by atoms with E-state index in [2.05, 4.69) is 0 Å². The lowest BCUT2D eigenvalue weighted by atomic mass is 10.0. The molecule has 1 aromatic rings. The number of benzene rings is 1. The molecular weight excluding hydrogens is 293 g/mol. The van der Waals surface area contributed by atoms with Crippen LogP contribution in [0.4, 0.5) is 26.3 Å². The predicted molar refractivity (Wildman–Crippen MR) is 51.2 cm³/mol. The van der Waals surface area contributed by atoms with Crippen LogP contribution in [0.25, 0.3) is 0 Å². The maximum atomic E-state index is 12.5. The number of halogens is 8. The Hall–Kier alpha value is -0.620. The lowest BCUT2D eigenvalue weighted by molar-refractivity contribution is -0.141. The van der Waals surface area contributed by atoms with E-state index in [9.17, 15) is 26.3 Å². The van der Waals surface area contributed by atoms with Gasteiger partial charge in [0.05, 0.1) is 21.2 Å². The van der Waals surface area contributed by atoms with E-state index >= 15 is 0 Å². The third kappa shape index (κ3) is 2.80.